The summed E-state index contributed by atoms with van der Waals surface area (Å²) in [6.45, 7) is 1.69. The van der Waals surface area contributed by atoms with E-state index in [0.29, 0.717) is 17.0 Å². The van der Waals surface area contributed by atoms with Crippen molar-refractivity contribution in [3.63, 3.8) is 0 Å². The van der Waals surface area contributed by atoms with E-state index >= 15 is 0 Å². The van der Waals surface area contributed by atoms with Crippen LogP contribution in [0.4, 0.5) is 0 Å². The molecule has 1 N–H and O–H groups in total. The molecule has 0 unspecified atom stereocenters. The lowest BCUT2D eigenvalue weighted by atomic mass is 10.1. The van der Waals surface area contributed by atoms with Gasteiger partial charge in [0.1, 0.15) is 23.6 Å². The Hall–Kier alpha value is -3.08. The third-order valence-corrected chi connectivity index (χ3v) is 3.43. The number of carbonyl (C=O) groups is 1. The summed E-state index contributed by atoms with van der Waals surface area (Å²) >= 11 is 0. The maximum Gasteiger partial charge on any atom is 0.342 e. The minimum Gasteiger partial charge on any atom is -0.507 e. The number of benzene rings is 2. The molecule has 0 fully saturated rings. The summed E-state index contributed by atoms with van der Waals surface area (Å²) in [5.41, 5.74) is 2.15. The summed E-state index contributed by atoms with van der Waals surface area (Å²) in [4.78, 5) is 12.0. The van der Waals surface area contributed by atoms with E-state index in [2.05, 4.69) is 5.16 Å². The van der Waals surface area contributed by atoms with Crippen molar-refractivity contribution in [3.8, 4) is 17.1 Å². The molecule has 0 spiro atoms. The molecule has 116 valence electrons. The fraction of sp³-hybridized carbons (Fsp3) is 0.111. The molecule has 0 amide bonds. The number of phenolic OH excluding ortho intramolecular Hbond substituents is 1. The van der Waals surface area contributed by atoms with Gasteiger partial charge in [-0.15, -0.1) is 0 Å². The fourth-order valence-corrected chi connectivity index (χ4v) is 2.16. The second-order valence-electron chi connectivity index (χ2n) is 5.10. The number of para-hydroxylation sites is 1. The predicted octanol–water partition coefficient (Wildman–Crippen LogP) is 3.71. The molecule has 0 radical (unpaired) electrons. The maximum absolute atomic E-state index is 12.0. The summed E-state index contributed by atoms with van der Waals surface area (Å²) in [6.07, 6.45) is 0. The molecular formula is C18H15NO4. The third kappa shape index (κ3) is 3.23. The Labute approximate surface area is 133 Å². The topological polar surface area (TPSA) is 72.6 Å². The molecule has 5 heteroatoms. The van der Waals surface area contributed by atoms with Crippen LogP contribution in [0, 0.1) is 6.92 Å². The molecule has 3 aromatic rings. The molecule has 2 aromatic carbocycles. The largest absolute Gasteiger partial charge is 0.507 e. The van der Waals surface area contributed by atoms with Gasteiger partial charge >= 0.3 is 5.97 Å². The van der Waals surface area contributed by atoms with Crippen LogP contribution in [-0.4, -0.2) is 16.2 Å². The number of carbonyl (C=O) groups excluding carboxylic acids is 1. The van der Waals surface area contributed by atoms with E-state index in [-0.39, 0.29) is 17.9 Å². The van der Waals surface area contributed by atoms with E-state index in [1.54, 1.807) is 25.1 Å². The zero-order chi connectivity index (χ0) is 16.2. The Morgan fingerprint density at radius 1 is 1.17 bits per heavy atom. The molecule has 1 heterocycles. The SMILES string of the molecule is Cc1cccc(C(=O)OCc2cc(-c3ccccc3)on2)c1O. The van der Waals surface area contributed by atoms with Gasteiger partial charge in [0.05, 0.1) is 0 Å². The zero-order valence-corrected chi connectivity index (χ0v) is 12.5. The number of phenols is 1. The van der Waals surface area contributed by atoms with Crippen LogP contribution in [0.1, 0.15) is 21.6 Å². The smallest absolute Gasteiger partial charge is 0.342 e. The number of esters is 1. The first-order valence-electron chi connectivity index (χ1n) is 7.12. The molecule has 5 nitrogen and oxygen atoms in total. The van der Waals surface area contributed by atoms with Gasteiger partial charge in [-0.05, 0) is 18.6 Å². The number of aromatic nitrogens is 1. The highest BCUT2D eigenvalue weighted by Gasteiger charge is 2.15. The molecule has 0 aliphatic carbocycles. The summed E-state index contributed by atoms with van der Waals surface area (Å²) in [5.74, 6) is -0.0619. The van der Waals surface area contributed by atoms with Crippen molar-refractivity contribution in [1.29, 1.82) is 0 Å². The third-order valence-electron chi connectivity index (χ3n) is 3.43. The van der Waals surface area contributed by atoms with Crippen molar-refractivity contribution in [3.05, 3.63) is 71.4 Å². The quantitative estimate of drug-likeness (QED) is 0.744. The Bertz CT molecular complexity index is 824. The number of hydrogen-bond donors (Lipinski definition) is 1. The zero-order valence-electron chi connectivity index (χ0n) is 12.5. The first-order chi connectivity index (χ1) is 11.1. The Morgan fingerprint density at radius 2 is 1.96 bits per heavy atom. The van der Waals surface area contributed by atoms with Crippen LogP contribution in [-0.2, 0) is 11.3 Å². The molecule has 3 rings (SSSR count). The number of ether oxygens (including phenoxy) is 1. The number of nitrogens with zero attached hydrogens (tertiary/aromatic N) is 1. The Morgan fingerprint density at radius 3 is 2.74 bits per heavy atom. The van der Waals surface area contributed by atoms with E-state index in [9.17, 15) is 9.90 Å². The first-order valence-corrected chi connectivity index (χ1v) is 7.12. The minimum absolute atomic E-state index is 0.0252. The van der Waals surface area contributed by atoms with Crippen LogP contribution in [0.3, 0.4) is 0 Å². The van der Waals surface area contributed by atoms with Gasteiger partial charge in [0, 0.05) is 11.6 Å². The van der Waals surface area contributed by atoms with Gasteiger partial charge in [-0.2, -0.15) is 0 Å². The van der Waals surface area contributed by atoms with Gasteiger partial charge in [-0.1, -0.05) is 47.6 Å². The van der Waals surface area contributed by atoms with Crippen molar-refractivity contribution in [2.75, 3.05) is 0 Å². The predicted molar refractivity (Wildman–Crippen MR) is 83.9 cm³/mol. The second kappa shape index (κ2) is 6.36. The Balaban J connectivity index is 1.68. The lowest BCUT2D eigenvalue weighted by Crippen LogP contribution is -2.06. The average molecular weight is 309 g/mol. The highest BCUT2D eigenvalue weighted by atomic mass is 16.5. The Kier molecular flexibility index (Phi) is 4.10. The molecular weight excluding hydrogens is 294 g/mol. The van der Waals surface area contributed by atoms with Gasteiger partial charge < -0.3 is 14.4 Å². The summed E-state index contributed by atoms with van der Waals surface area (Å²) in [7, 11) is 0. The first kappa shape index (κ1) is 14.8. The van der Waals surface area contributed by atoms with E-state index < -0.39 is 5.97 Å². The van der Waals surface area contributed by atoms with Gasteiger partial charge in [0.15, 0.2) is 5.76 Å². The highest BCUT2D eigenvalue weighted by Crippen LogP contribution is 2.23. The molecule has 0 bridgehead atoms. The van der Waals surface area contributed by atoms with Crippen LogP contribution in [0.15, 0.2) is 59.1 Å². The van der Waals surface area contributed by atoms with Crippen molar-refractivity contribution in [2.24, 2.45) is 0 Å². The average Bonchev–Trinajstić information content (AvgIpc) is 3.05. The molecule has 23 heavy (non-hydrogen) atoms. The monoisotopic (exact) mass is 309 g/mol. The van der Waals surface area contributed by atoms with Crippen LogP contribution < -0.4 is 0 Å². The fourth-order valence-electron chi connectivity index (χ4n) is 2.16. The van der Waals surface area contributed by atoms with E-state index in [0.717, 1.165) is 5.56 Å². The van der Waals surface area contributed by atoms with Crippen LogP contribution in [0.2, 0.25) is 0 Å². The molecule has 0 aliphatic rings. The second-order valence-corrected chi connectivity index (χ2v) is 5.10. The van der Waals surface area contributed by atoms with Gasteiger partial charge in [-0.3, -0.25) is 0 Å². The van der Waals surface area contributed by atoms with Crippen LogP contribution in [0.25, 0.3) is 11.3 Å². The van der Waals surface area contributed by atoms with Crippen LogP contribution >= 0.6 is 0 Å². The normalized spacial score (nSPS) is 10.5. The van der Waals surface area contributed by atoms with E-state index in [1.807, 2.05) is 30.3 Å². The summed E-state index contributed by atoms with van der Waals surface area (Å²) in [5, 5.41) is 13.8. The minimum atomic E-state index is -0.601. The maximum atomic E-state index is 12.0. The van der Waals surface area contributed by atoms with Crippen molar-refractivity contribution in [1.82, 2.24) is 5.16 Å². The lowest BCUT2D eigenvalue weighted by molar-refractivity contribution is 0.0461. The molecule has 0 saturated carbocycles. The lowest BCUT2D eigenvalue weighted by Gasteiger charge is -2.06. The van der Waals surface area contributed by atoms with E-state index in [1.165, 1.54) is 6.07 Å². The summed E-state index contributed by atoms with van der Waals surface area (Å²) in [6, 6.07) is 16.2. The van der Waals surface area contributed by atoms with E-state index in [4.69, 9.17) is 9.26 Å². The summed E-state index contributed by atoms with van der Waals surface area (Å²) < 4.78 is 10.4. The number of hydrogen-bond acceptors (Lipinski definition) is 5. The number of aryl methyl sites for hydroxylation is 1. The highest BCUT2D eigenvalue weighted by molar-refractivity contribution is 5.92. The van der Waals surface area contributed by atoms with Gasteiger partial charge in [-0.25, -0.2) is 4.79 Å². The van der Waals surface area contributed by atoms with Gasteiger partial charge in [0.25, 0.3) is 0 Å². The van der Waals surface area contributed by atoms with Crippen LogP contribution in [0.5, 0.6) is 5.75 Å². The number of aromatic hydroxyl groups is 1. The molecule has 0 atom stereocenters. The van der Waals surface area contributed by atoms with Crippen molar-refractivity contribution in [2.45, 2.75) is 13.5 Å². The molecule has 0 saturated heterocycles. The molecule has 1 aromatic heterocycles. The van der Waals surface area contributed by atoms with Crippen molar-refractivity contribution < 1.29 is 19.2 Å². The number of rotatable bonds is 4. The van der Waals surface area contributed by atoms with Gasteiger partial charge in [0.2, 0.25) is 0 Å². The standard InChI is InChI=1S/C18H15NO4/c1-12-6-5-9-15(17(12)20)18(21)22-11-14-10-16(23-19-14)13-7-3-2-4-8-13/h2-10,20H,11H2,1H3. The van der Waals surface area contributed by atoms with Crippen molar-refractivity contribution >= 4 is 5.97 Å². The molecule has 0 aliphatic heterocycles.